The van der Waals surface area contributed by atoms with E-state index >= 15 is 0 Å². The highest BCUT2D eigenvalue weighted by Crippen LogP contribution is 2.16. The van der Waals surface area contributed by atoms with Gasteiger partial charge < -0.3 is 9.47 Å². The van der Waals surface area contributed by atoms with E-state index in [2.05, 4.69) is 11.7 Å². The molecule has 0 fully saturated rings. The Morgan fingerprint density at radius 2 is 1.73 bits per heavy atom. The van der Waals surface area contributed by atoms with Crippen molar-refractivity contribution in [1.82, 2.24) is 0 Å². The van der Waals surface area contributed by atoms with Gasteiger partial charge in [0.1, 0.15) is 6.92 Å². The predicted molar refractivity (Wildman–Crippen MR) is 56.1 cm³/mol. The number of halogens is 1. The monoisotopic (exact) mass is 233 g/mol. The standard InChI is InChI=1S/C10H14ClO4/c1-4-7(11)8(9(12)14-5-2)10(13)15-6-3/h2,4-6H2,1,3H3/q+1/b8-7-. The van der Waals surface area contributed by atoms with Crippen LogP contribution < -0.4 is 0 Å². The molecule has 15 heavy (non-hydrogen) atoms. The van der Waals surface area contributed by atoms with Gasteiger partial charge in [0.2, 0.25) is 6.61 Å². The first kappa shape index (κ1) is 13.8. The Bertz CT molecular complexity index is 251. The number of hydrogen-bond acceptors (Lipinski definition) is 4. The smallest absolute Gasteiger partial charge is 0.350 e. The molecule has 0 aromatic heterocycles. The summed E-state index contributed by atoms with van der Waals surface area (Å²) in [5.41, 5.74) is -0.246. The maximum atomic E-state index is 11.4. The molecule has 0 saturated carbocycles. The molecule has 0 saturated heterocycles. The van der Waals surface area contributed by atoms with Crippen molar-refractivity contribution in [3.63, 3.8) is 0 Å². The molecular formula is C10H14ClO4+. The SMILES string of the molecule is [CH2+]COC(=O)/C(C(=O)OCC)=C(/Cl)CC. The number of carbonyl (C=O) groups is 2. The molecule has 0 heterocycles. The lowest BCUT2D eigenvalue weighted by molar-refractivity contribution is -0.146. The molecule has 0 aliphatic heterocycles. The maximum absolute atomic E-state index is 11.4. The molecule has 0 unspecified atom stereocenters. The van der Waals surface area contributed by atoms with E-state index in [9.17, 15) is 9.59 Å². The van der Waals surface area contributed by atoms with E-state index < -0.39 is 11.9 Å². The van der Waals surface area contributed by atoms with Crippen LogP contribution in [0.1, 0.15) is 20.3 Å². The number of esters is 2. The molecule has 0 spiro atoms. The van der Waals surface area contributed by atoms with Crippen molar-refractivity contribution in [2.45, 2.75) is 20.3 Å². The van der Waals surface area contributed by atoms with Crippen molar-refractivity contribution in [3.05, 3.63) is 17.5 Å². The third-order valence-electron chi connectivity index (χ3n) is 1.50. The van der Waals surface area contributed by atoms with E-state index in [1.807, 2.05) is 0 Å². The summed E-state index contributed by atoms with van der Waals surface area (Å²) in [5, 5.41) is 0.131. The summed E-state index contributed by atoms with van der Waals surface area (Å²) in [6, 6.07) is 0. The van der Waals surface area contributed by atoms with Crippen LogP contribution >= 0.6 is 11.6 Å². The van der Waals surface area contributed by atoms with Gasteiger partial charge in [0, 0.05) is 5.03 Å². The third kappa shape index (κ3) is 4.25. The minimum Gasteiger partial charge on any atom is -0.462 e. The number of carbonyl (C=O) groups excluding carboxylic acids is 2. The van der Waals surface area contributed by atoms with Crippen LogP contribution in [-0.2, 0) is 19.1 Å². The molecule has 0 N–H and O–H groups in total. The number of rotatable bonds is 5. The highest BCUT2D eigenvalue weighted by Gasteiger charge is 2.24. The summed E-state index contributed by atoms with van der Waals surface area (Å²) < 4.78 is 9.29. The molecule has 0 radical (unpaired) electrons. The minimum absolute atomic E-state index is 0.0599. The Balaban J connectivity index is 4.90. The van der Waals surface area contributed by atoms with Gasteiger partial charge in [-0.15, -0.1) is 0 Å². The molecule has 0 rings (SSSR count). The summed E-state index contributed by atoms with van der Waals surface area (Å²) >= 11 is 5.75. The van der Waals surface area contributed by atoms with Crippen LogP contribution in [0.3, 0.4) is 0 Å². The summed E-state index contributed by atoms with van der Waals surface area (Å²) in [4.78, 5) is 22.7. The van der Waals surface area contributed by atoms with Gasteiger partial charge in [-0.25, -0.2) is 9.59 Å². The number of hydrogen-bond donors (Lipinski definition) is 0. The second-order valence-electron chi connectivity index (χ2n) is 2.49. The van der Waals surface area contributed by atoms with Crippen LogP contribution in [0.4, 0.5) is 0 Å². The van der Waals surface area contributed by atoms with E-state index in [1.54, 1.807) is 13.8 Å². The zero-order chi connectivity index (χ0) is 11.8. The van der Waals surface area contributed by atoms with Crippen molar-refractivity contribution in [3.8, 4) is 0 Å². The third-order valence-corrected chi connectivity index (χ3v) is 1.95. The van der Waals surface area contributed by atoms with Gasteiger partial charge in [-0.3, -0.25) is 0 Å². The molecule has 4 nitrogen and oxygen atoms in total. The zero-order valence-electron chi connectivity index (χ0n) is 8.84. The Morgan fingerprint density at radius 1 is 1.20 bits per heavy atom. The lowest BCUT2D eigenvalue weighted by atomic mass is 10.2. The van der Waals surface area contributed by atoms with Crippen molar-refractivity contribution in [1.29, 1.82) is 0 Å². The van der Waals surface area contributed by atoms with Crippen molar-refractivity contribution >= 4 is 23.5 Å². The lowest BCUT2D eigenvalue weighted by Crippen LogP contribution is -2.19. The van der Waals surface area contributed by atoms with E-state index in [1.165, 1.54) is 0 Å². The van der Waals surface area contributed by atoms with Gasteiger partial charge in [0.15, 0.2) is 5.57 Å². The Kier molecular flexibility index (Phi) is 6.62. The first-order valence-electron chi connectivity index (χ1n) is 4.60. The molecule has 0 aromatic rings. The Morgan fingerprint density at radius 3 is 2.13 bits per heavy atom. The fourth-order valence-electron chi connectivity index (χ4n) is 0.850. The molecule has 0 bridgehead atoms. The summed E-state index contributed by atoms with van der Waals surface area (Å²) in [6.45, 7) is 6.81. The molecule has 5 heteroatoms. The normalized spacial score (nSPS) is 11.7. The topological polar surface area (TPSA) is 52.6 Å². The average Bonchev–Trinajstić information content (AvgIpc) is 2.18. The lowest BCUT2D eigenvalue weighted by Gasteiger charge is -2.06. The Hall–Kier alpha value is -1.16. The highest BCUT2D eigenvalue weighted by molar-refractivity contribution is 6.35. The number of allylic oxidation sites excluding steroid dienone is 1. The van der Waals surface area contributed by atoms with Crippen molar-refractivity contribution < 1.29 is 19.1 Å². The van der Waals surface area contributed by atoms with E-state index in [0.717, 1.165) is 0 Å². The van der Waals surface area contributed by atoms with E-state index in [4.69, 9.17) is 16.3 Å². The first-order valence-corrected chi connectivity index (χ1v) is 4.98. The summed E-state index contributed by atoms with van der Waals surface area (Å²) in [5.74, 6) is -1.56. The fourth-order valence-corrected chi connectivity index (χ4v) is 1.00. The minimum atomic E-state index is -0.796. The predicted octanol–water partition coefficient (Wildman–Crippen LogP) is 1.83. The van der Waals surface area contributed by atoms with Crippen molar-refractivity contribution in [2.24, 2.45) is 0 Å². The van der Waals surface area contributed by atoms with Gasteiger partial charge in [0.05, 0.1) is 6.61 Å². The molecular weight excluding hydrogens is 220 g/mol. The van der Waals surface area contributed by atoms with Gasteiger partial charge in [0.25, 0.3) is 0 Å². The number of ether oxygens (including phenoxy) is 2. The molecule has 0 atom stereocenters. The van der Waals surface area contributed by atoms with Crippen LogP contribution in [-0.4, -0.2) is 25.2 Å². The maximum Gasteiger partial charge on any atom is 0.350 e. The largest absolute Gasteiger partial charge is 0.462 e. The molecule has 84 valence electrons. The quantitative estimate of drug-likeness (QED) is 0.239. The molecule has 0 aliphatic carbocycles. The van der Waals surface area contributed by atoms with Crippen LogP contribution in [0.2, 0.25) is 0 Å². The zero-order valence-corrected chi connectivity index (χ0v) is 9.60. The summed E-state index contributed by atoms with van der Waals surface area (Å²) in [6.07, 6.45) is 0.363. The van der Waals surface area contributed by atoms with Gasteiger partial charge >= 0.3 is 11.9 Å². The van der Waals surface area contributed by atoms with Crippen LogP contribution in [0, 0.1) is 6.92 Å². The van der Waals surface area contributed by atoms with Crippen LogP contribution in [0.15, 0.2) is 10.6 Å². The Labute approximate surface area is 94.2 Å². The fraction of sp³-hybridized carbons (Fsp3) is 0.500. The van der Waals surface area contributed by atoms with Crippen LogP contribution in [0.25, 0.3) is 0 Å². The first-order chi connectivity index (χ1) is 7.08. The molecule has 0 amide bonds. The van der Waals surface area contributed by atoms with Gasteiger partial charge in [-0.1, -0.05) is 18.5 Å². The van der Waals surface area contributed by atoms with Crippen molar-refractivity contribution in [2.75, 3.05) is 13.2 Å². The van der Waals surface area contributed by atoms with E-state index in [-0.39, 0.29) is 23.8 Å². The average molecular weight is 234 g/mol. The van der Waals surface area contributed by atoms with Gasteiger partial charge in [-0.2, -0.15) is 0 Å². The highest BCUT2D eigenvalue weighted by atomic mass is 35.5. The molecule has 0 aromatic carbocycles. The molecule has 0 aliphatic rings. The van der Waals surface area contributed by atoms with Crippen LogP contribution in [0.5, 0.6) is 0 Å². The van der Waals surface area contributed by atoms with E-state index in [0.29, 0.717) is 6.42 Å². The second-order valence-corrected chi connectivity index (χ2v) is 2.95. The second kappa shape index (κ2) is 7.17. The van der Waals surface area contributed by atoms with Gasteiger partial charge in [-0.05, 0) is 13.3 Å². The summed E-state index contributed by atoms with van der Waals surface area (Å²) in [7, 11) is 0.